The van der Waals surface area contributed by atoms with E-state index >= 15 is 0 Å². The van der Waals surface area contributed by atoms with E-state index in [1.807, 2.05) is 13.8 Å². The molecule has 4 aliphatic carbocycles. The van der Waals surface area contributed by atoms with E-state index in [2.05, 4.69) is 19.9 Å². The molecule has 22 atom stereocenters. The van der Waals surface area contributed by atoms with Gasteiger partial charge in [-0.2, -0.15) is 0 Å². The van der Waals surface area contributed by atoms with Crippen LogP contribution in [0.4, 0.5) is 0 Å². The molecule has 0 aromatic rings. The van der Waals surface area contributed by atoms with E-state index in [1.54, 1.807) is 6.92 Å². The minimum atomic E-state index is -1.71. The van der Waals surface area contributed by atoms with Crippen LogP contribution in [0.1, 0.15) is 99.3 Å². The molecule has 9 N–H and O–H groups in total. The summed E-state index contributed by atoms with van der Waals surface area (Å²) in [6.07, 6.45) is -12.6. The first-order chi connectivity index (χ1) is 29.7. The molecule has 18 heteroatoms. The van der Waals surface area contributed by atoms with Gasteiger partial charge in [0.15, 0.2) is 25.0 Å². The van der Waals surface area contributed by atoms with Crippen LogP contribution in [0.3, 0.4) is 0 Å². The highest BCUT2D eigenvalue weighted by Crippen LogP contribution is 2.69. The number of esters is 1. The molecule has 0 bridgehead atoms. The van der Waals surface area contributed by atoms with E-state index < -0.39 is 116 Å². The summed E-state index contributed by atoms with van der Waals surface area (Å²) in [5, 5.41) is 96.6. The number of Topliss-reactive ketones (excluding diaryl/α,β-unsaturated/α-hetero) is 1. The Bertz CT molecular complexity index is 1640. The number of ketones is 1. The number of rotatable bonds is 13. The summed E-state index contributed by atoms with van der Waals surface area (Å²) in [5.41, 5.74) is -1.55. The lowest BCUT2D eigenvalue weighted by Gasteiger charge is -2.59. The van der Waals surface area contributed by atoms with Crippen molar-refractivity contribution in [2.24, 2.45) is 40.4 Å². The topological polar surface area (TPSA) is 281 Å². The van der Waals surface area contributed by atoms with Crippen LogP contribution >= 0.6 is 0 Å². The highest BCUT2D eigenvalue weighted by atomic mass is 16.7. The fourth-order valence-electron chi connectivity index (χ4n) is 12.5. The van der Waals surface area contributed by atoms with E-state index in [1.165, 1.54) is 12.5 Å². The predicted molar refractivity (Wildman–Crippen MR) is 218 cm³/mol. The zero-order valence-electron chi connectivity index (χ0n) is 37.3. The van der Waals surface area contributed by atoms with Crippen molar-refractivity contribution in [1.29, 1.82) is 0 Å². The second-order valence-corrected chi connectivity index (χ2v) is 20.4. The molecular formula is C45H72O18. The summed E-state index contributed by atoms with van der Waals surface area (Å²) in [5.74, 6) is -1.31. The monoisotopic (exact) mass is 900 g/mol. The Balaban J connectivity index is 1.15. The van der Waals surface area contributed by atoms with Gasteiger partial charge in [-0.3, -0.25) is 9.59 Å². The lowest BCUT2D eigenvalue weighted by Crippen LogP contribution is -2.64. The largest absolute Gasteiger partial charge is 0.454 e. The Morgan fingerprint density at radius 3 is 2.17 bits per heavy atom. The normalized spacial score (nSPS) is 49.3. The number of allylic oxidation sites excluding steroid dienone is 1. The molecule has 0 unspecified atom stereocenters. The van der Waals surface area contributed by atoms with Crippen molar-refractivity contribution in [3.05, 3.63) is 11.6 Å². The van der Waals surface area contributed by atoms with Crippen LogP contribution < -0.4 is 0 Å². The first-order valence-electron chi connectivity index (χ1n) is 23.0. The summed E-state index contributed by atoms with van der Waals surface area (Å²) in [4.78, 5) is 26.8. The molecule has 0 aromatic carbocycles. The number of aliphatic hydroxyl groups excluding tert-OH is 8. The van der Waals surface area contributed by atoms with Crippen molar-refractivity contribution < 1.29 is 88.7 Å². The Hall–Kier alpha value is -1.72. The van der Waals surface area contributed by atoms with Crippen LogP contribution in [0, 0.1) is 40.4 Å². The van der Waals surface area contributed by atoms with Gasteiger partial charge in [0.25, 0.3) is 0 Å². The second kappa shape index (κ2) is 19.1. The third-order valence-electron chi connectivity index (χ3n) is 16.4. The van der Waals surface area contributed by atoms with Crippen molar-refractivity contribution in [3.63, 3.8) is 0 Å². The van der Waals surface area contributed by atoms with Crippen molar-refractivity contribution >= 4 is 11.8 Å². The summed E-state index contributed by atoms with van der Waals surface area (Å²) in [6, 6.07) is 0. The lowest BCUT2D eigenvalue weighted by atomic mass is 9.46. The van der Waals surface area contributed by atoms with Gasteiger partial charge >= 0.3 is 5.97 Å². The Labute approximate surface area is 368 Å². The summed E-state index contributed by atoms with van der Waals surface area (Å²) < 4.78 is 41.9. The quantitative estimate of drug-likeness (QED) is 0.0867. The molecule has 360 valence electrons. The molecule has 3 heterocycles. The van der Waals surface area contributed by atoms with Crippen LogP contribution in [-0.2, 0) is 42.7 Å². The average Bonchev–Trinajstić information content (AvgIpc) is 3.47. The van der Waals surface area contributed by atoms with Crippen molar-refractivity contribution in [2.75, 3.05) is 19.8 Å². The lowest BCUT2D eigenvalue weighted by molar-refractivity contribution is -0.345. The van der Waals surface area contributed by atoms with E-state index in [0.717, 1.165) is 12.8 Å². The molecular weight excluding hydrogens is 828 g/mol. The van der Waals surface area contributed by atoms with E-state index in [0.29, 0.717) is 38.5 Å². The van der Waals surface area contributed by atoms with Gasteiger partial charge in [0, 0.05) is 24.7 Å². The molecule has 18 nitrogen and oxygen atoms in total. The number of fused-ring (bicyclic) bond motifs is 5. The average molecular weight is 901 g/mol. The van der Waals surface area contributed by atoms with E-state index in [9.17, 15) is 55.5 Å². The zero-order valence-corrected chi connectivity index (χ0v) is 37.3. The third-order valence-corrected chi connectivity index (χ3v) is 16.4. The maximum atomic E-state index is 14.2. The van der Waals surface area contributed by atoms with Crippen LogP contribution in [0.15, 0.2) is 11.6 Å². The molecule has 3 aliphatic heterocycles. The Morgan fingerprint density at radius 1 is 0.810 bits per heavy atom. The standard InChI is InChI=1S/C45H72O18/c1-20(2)7-10-28(48)21(3)45(56)32(62-42-39(59-22(4)47)38(30(50)19-58-42)63-40-36(54)33(51)29(49)18-57-40)16-27-25-9-8-23-15-24(11-13-43(23,5)26(25)12-14-44(27,45)6)60-41-37(55)35(53)34(52)31(17-46)61-41/h8,20-21,24-27,29-42,46,49-56H,7,9-19H2,1-6H3/t21-,24+,25-,26+,27+,29+,30+,31-,32+,33-,34-,35+,36+,37-,38+,39-,40-,41-,42-,43+,44+,45-/m1/s1. The molecule has 0 spiro atoms. The SMILES string of the molecule is CC(=O)O[C@H]1[C@@H](O[C@H]2C[C@H]3[C@@H]4CC=C5C[C@@H](O[C@@H]6O[C@H](CO)[C@@H](O)[C@H](O)[C@H]6O)CC[C@]5(C)[C@H]4CC[C@]3(C)[C@@]2(O)[C@H](C)C(=O)CCC(C)C)OC[C@H](O)[C@@H]1O[C@H]1OC[C@H](O)[C@@H](O)[C@@H]1O. The smallest absolute Gasteiger partial charge is 0.303 e. The number of aliphatic hydroxyl groups is 9. The predicted octanol–water partition coefficient (Wildman–Crippen LogP) is -0.0250. The molecule has 7 aliphatic rings. The first-order valence-corrected chi connectivity index (χ1v) is 23.0. The van der Waals surface area contributed by atoms with Gasteiger partial charge in [-0.25, -0.2) is 0 Å². The van der Waals surface area contributed by atoms with Crippen molar-refractivity contribution in [3.8, 4) is 0 Å². The number of carbonyl (C=O) groups excluding carboxylic acids is 2. The number of hydrogen-bond donors (Lipinski definition) is 9. The highest BCUT2D eigenvalue weighted by Gasteiger charge is 2.71. The van der Waals surface area contributed by atoms with Crippen molar-refractivity contribution in [1.82, 2.24) is 0 Å². The molecule has 6 fully saturated rings. The van der Waals surface area contributed by atoms with Gasteiger partial charge < -0.3 is 79.1 Å². The van der Waals surface area contributed by atoms with Crippen LogP contribution in [0.25, 0.3) is 0 Å². The fraction of sp³-hybridized carbons (Fsp3) is 0.911. The van der Waals surface area contributed by atoms with Gasteiger partial charge in [0.1, 0.15) is 66.3 Å². The highest BCUT2D eigenvalue weighted by molar-refractivity contribution is 5.82. The summed E-state index contributed by atoms with van der Waals surface area (Å²) >= 11 is 0. The minimum Gasteiger partial charge on any atom is -0.454 e. The van der Waals surface area contributed by atoms with Crippen LogP contribution in [-0.4, -0.2) is 175 Å². The Morgan fingerprint density at radius 2 is 1.49 bits per heavy atom. The number of ether oxygens (including phenoxy) is 7. The van der Waals surface area contributed by atoms with Gasteiger partial charge in [0.05, 0.1) is 32.0 Å². The van der Waals surface area contributed by atoms with Gasteiger partial charge in [0.2, 0.25) is 0 Å². The van der Waals surface area contributed by atoms with E-state index in [4.69, 9.17) is 33.2 Å². The second-order valence-electron chi connectivity index (χ2n) is 20.4. The first kappa shape index (κ1) is 49.2. The third kappa shape index (κ3) is 8.95. The molecule has 3 saturated carbocycles. The summed E-state index contributed by atoms with van der Waals surface area (Å²) in [7, 11) is 0. The van der Waals surface area contributed by atoms with Gasteiger partial charge in [-0.05, 0) is 80.5 Å². The van der Waals surface area contributed by atoms with Crippen LogP contribution in [0.5, 0.6) is 0 Å². The maximum absolute atomic E-state index is 14.2. The zero-order chi connectivity index (χ0) is 45.9. The molecule has 3 saturated heterocycles. The number of carbonyl (C=O) groups is 2. The van der Waals surface area contributed by atoms with Gasteiger partial charge in [-0.1, -0.05) is 46.3 Å². The van der Waals surface area contributed by atoms with Crippen LogP contribution in [0.2, 0.25) is 0 Å². The van der Waals surface area contributed by atoms with Crippen molar-refractivity contribution in [2.45, 2.75) is 197 Å². The maximum Gasteiger partial charge on any atom is 0.303 e. The minimum absolute atomic E-state index is 0.0830. The molecule has 63 heavy (non-hydrogen) atoms. The molecule has 7 rings (SSSR count). The molecule has 0 amide bonds. The fourth-order valence-corrected chi connectivity index (χ4v) is 12.5. The molecule has 0 aromatic heterocycles. The molecule has 0 radical (unpaired) electrons. The van der Waals surface area contributed by atoms with Gasteiger partial charge in [-0.15, -0.1) is 0 Å². The van der Waals surface area contributed by atoms with E-state index in [-0.39, 0.29) is 60.6 Å². The Kier molecular flexibility index (Phi) is 14.9. The summed E-state index contributed by atoms with van der Waals surface area (Å²) in [6.45, 7) is 10.1. The number of hydrogen-bond acceptors (Lipinski definition) is 18.